The van der Waals surface area contributed by atoms with E-state index in [4.69, 9.17) is 25.8 Å². The van der Waals surface area contributed by atoms with Crippen molar-refractivity contribution in [3.8, 4) is 17.2 Å². The van der Waals surface area contributed by atoms with Crippen LogP contribution in [0.3, 0.4) is 0 Å². The summed E-state index contributed by atoms with van der Waals surface area (Å²) in [5.41, 5.74) is 0.627. The highest BCUT2D eigenvalue weighted by Crippen LogP contribution is 2.37. The molecule has 1 aliphatic rings. The molecule has 0 spiro atoms. The molecule has 1 heterocycles. The zero-order chi connectivity index (χ0) is 27.2. The first kappa shape index (κ1) is 27.7. The van der Waals surface area contributed by atoms with Crippen molar-refractivity contribution < 1.29 is 28.6 Å². The van der Waals surface area contributed by atoms with E-state index in [0.29, 0.717) is 57.6 Å². The standard InChI is InChI=1S/C27H21Br2ClN2O6/c1-36-23-15-16(14-22(29)24(23)38-12-2-11-37-20-9-5-18(30)6-10-20)13-21-25(33)31-27(35)32(26(21)34)19-7-3-17(28)4-8-19/h3-10,13-15H,2,11-12H2,1H3,(H,31,33,35). The van der Waals surface area contributed by atoms with Crippen molar-refractivity contribution in [2.75, 3.05) is 25.2 Å². The monoisotopic (exact) mass is 662 g/mol. The lowest BCUT2D eigenvalue weighted by Crippen LogP contribution is -2.54. The zero-order valence-corrected chi connectivity index (χ0v) is 23.9. The number of barbiturate groups is 1. The first-order valence-corrected chi connectivity index (χ1v) is 13.3. The van der Waals surface area contributed by atoms with Gasteiger partial charge in [0.15, 0.2) is 11.5 Å². The van der Waals surface area contributed by atoms with E-state index < -0.39 is 17.8 Å². The van der Waals surface area contributed by atoms with Crippen LogP contribution in [0.15, 0.2) is 75.2 Å². The van der Waals surface area contributed by atoms with Gasteiger partial charge < -0.3 is 14.2 Å². The molecule has 0 atom stereocenters. The lowest BCUT2D eigenvalue weighted by atomic mass is 10.1. The molecular weight excluding hydrogens is 644 g/mol. The Balaban J connectivity index is 1.47. The summed E-state index contributed by atoms with van der Waals surface area (Å²) in [6, 6.07) is 16.2. The number of hydrogen-bond acceptors (Lipinski definition) is 6. The topological polar surface area (TPSA) is 94.2 Å². The fourth-order valence-corrected chi connectivity index (χ4v) is 4.53. The number of imide groups is 2. The molecular formula is C27H21Br2ClN2O6. The van der Waals surface area contributed by atoms with Crippen molar-refractivity contribution in [2.24, 2.45) is 0 Å². The highest BCUT2D eigenvalue weighted by molar-refractivity contribution is 9.10. The number of halogens is 3. The van der Waals surface area contributed by atoms with Crippen LogP contribution in [0.1, 0.15) is 12.0 Å². The van der Waals surface area contributed by atoms with Gasteiger partial charge in [-0.3, -0.25) is 14.9 Å². The average Bonchev–Trinajstić information content (AvgIpc) is 2.89. The number of nitrogens with one attached hydrogen (secondary N) is 1. The van der Waals surface area contributed by atoms with Gasteiger partial charge in [0, 0.05) is 15.9 Å². The molecule has 3 aromatic carbocycles. The molecule has 0 unspecified atom stereocenters. The van der Waals surface area contributed by atoms with Crippen LogP contribution in [0.25, 0.3) is 6.08 Å². The Labute approximate surface area is 240 Å². The number of anilines is 1. The minimum Gasteiger partial charge on any atom is -0.493 e. The second kappa shape index (κ2) is 12.5. The summed E-state index contributed by atoms with van der Waals surface area (Å²) in [4.78, 5) is 39.0. The highest BCUT2D eigenvalue weighted by atomic mass is 79.9. The molecule has 1 saturated heterocycles. The maximum absolute atomic E-state index is 13.1. The van der Waals surface area contributed by atoms with Gasteiger partial charge >= 0.3 is 6.03 Å². The van der Waals surface area contributed by atoms with Crippen LogP contribution in [0.5, 0.6) is 17.2 Å². The maximum atomic E-state index is 13.1. The number of methoxy groups -OCH3 is 1. The molecule has 4 amide bonds. The number of carbonyl (C=O) groups excluding carboxylic acids is 3. The Morgan fingerprint density at radius 1 is 0.947 bits per heavy atom. The quantitative estimate of drug-likeness (QED) is 0.162. The van der Waals surface area contributed by atoms with E-state index in [1.165, 1.54) is 13.2 Å². The van der Waals surface area contributed by atoms with Gasteiger partial charge in [0.05, 0.1) is 30.5 Å². The number of amides is 4. The third-order valence-corrected chi connectivity index (χ3v) is 6.74. The first-order chi connectivity index (χ1) is 18.3. The summed E-state index contributed by atoms with van der Waals surface area (Å²) in [7, 11) is 1.49. The van der Waals surface area contributed by atoms with Gasteiger partial charge in [-0.15, -0.1) is 0 Å². The maximum Gasteiger partial charge on any atom is 0.335 e. The van der Waals surface area contributed by atoms with Gasteiger partial charge in [-0.1, -0.05) is 27.5 Å². The largest absolute Gasteiger partial charge is 0.493 e. The third-order valence-electron chi connectivity index (χ3n) is 5.37. The van der Waals surface area contributed by atoms with Crippen LogP contribution in [-0.2, 0) is 9.59 Å². The van der Waals surface area contributed by atoms with Crippen LogP contribution in [0.2, 0.25) is 5.02 Å². The van der Waals surface area contributed by atoms with E-state index in [1.54, 1.807) is 60.7 Å². The van der Waals surface area contributed by atoms with Gasteiger partial charge in [-0.25, -0.2) is 9.69 Å². The predicted octanol–water partition coefficient (Wildman–Crippen LogP) is 6.39. The van der Waals surface area contributed by atoms with Crippen molar-refractivity contribution in [2.45, 2.75) is 6.42 Å². The Kier molecular flexibility index (Phi) is 9.09. The van der Waals surface area contributed by atoms with Gasteiger partial charge in [0.2, 0.25) is 0 Å². The van der Waals surface area contributed by atoms with Crippen LogP contribution in [-0.4, -0.2) is 38.2 Å². The molecule has 1 N–H and O–H groups in total. The normalized spacial score (nSPS) is 14.5. The van der Waals surface area contributed by atoms with Crippen molar-refractivity contribution >= 4 is 73.1 Å². The smallest absolute Gasteiger partial charge is 0.335 e. The molecule has 1 aliphatic heterocycles. The van der Waals surface area contributed by atoms with Crippen LogP contribution in [0.4, 0.5) is 10.5 Å². The van der Waals surface area contributed by atoms with E-state index in [1.807, 2.05) is 0 Å². The molecule has 1 fully saturated rings. The van der Waals surface area contributed by atoms with Crippen molar-refractivity contribution in [3.63, 3.8) is 0 Å². The Hall–Kier alpha value is -3.34. The molecule has 0 aromatic heterocycles. The molecule has 11 heteroatoms. The second-order valence-corrected chi connectivity index (χ2v) is 10.2. The van der Waals surface area contributed by atoms with Crippen LogP contribution in [0, 0.1) is 0 Å². The predicted molar refractivity (Wildman–Crippen MR) is 151 cm³/mol. The summed E-state index contributed by atoms with van der Waals surface area (Å²) in [5, 5.41) is 2.85. The highest BCUT2D eigenvalue weighted by Gasteiger charge is 2.36. The van der Waals surface area contributed by atoms with E-state index in [2.05, 4.69) is 37.2 Å². The number of ether oxygens (including phenoxy) is 3. The second-order valence-electron chi connectivity index (χ2n) is 7.97. The molecule has 8 nitrogen and oxygen atoms in total. The zero-order valence-electron chi connectivity index (χ0n) is 20.0. The number of nitrogens with zero attached hydrogens (tertiary/aromatic N) is 1. The number of benzene rings is 3. The molecule has 38 heavy (non-hydrogen) atoms. The third kappa shape index (κ3) is 6.56. The molecule has 0 saturated carbocycles. The summed E-state index contributed by atoms with van der Waals surface area (Å²) >= 11 is 12.7. The fourth-order valence-electron chi connectivity index (χ4n) is 3.57. The number of hydrogen-bond donors (Lipinski definition) is 1. The Morgan fingerprint density at radius 2 is 1.63 bits per heavy atom. The van der Waals surface area contributed by atoms with E-state index >= 15 is 0 Å². The van der Waals surface area contributed by atoms with Gasteiger partial charge in [-0.05, 0) is 88.2 Å². The van der Waals surface area contributed by atoms with Gasteiger partial charge in [0.1, 0.15) is 11.3 Å². The van der Waals surface area contributed by atoms with Crippen molar-refractivity contribution in [1.29, 1.82) is 0 Å². The molecule has 0 radical (unpaired) electrons. The lowest BCUT2D eigenvalue weighted by Gasteiger charge is -2.26. The summed E-state index contributed by atoms with van der Waals surface area (Å²) in [6.07, 6.45) is 2.01. The molecule has 0 bridgehead atoms. The molecule has 4 rings (SSSR count). The SMILES string of the molecule is COc1cc(C=C2C(=O)NC(=O)N(c3ccc(Br)cc3)C2=O)cc(Br)c1OCCCOc1ccc(Cl)cc1. The van der Waals surface area contributed by atoms with E-state index in [-0.39, 0.29) is 5.57 Å². The molecule has 0 aliphatic carbocycles. The average molecular weight is 665 g/mol. The summed E-state index contributed by atoms with van der Waals surface area (Å²) in [6.45, 7) is 0.796. The minimum atomic E-state index is -0.818. The summed E-state index contributed by atoms with van der Waals surface area (Å²) < 4.78 is 18.4. The van der Waals surface area contributed by atoms with Gasteiger partial charge in [0.25, 0.3) is 11.8 Å². The van der Waals surface area contributed by atoms with Crippen molar-refractivity contribution in [1.82, 2.24) is 5.32 Å². The summed E-state index contributed by atoms with van der Waals surface area (Å²) in [5.74, 6) is 0.0514. The van der Waals surface area contributed by atoms with E-state index in [9.17, 15) is 14.4 Å². The minimum absolute atomic E-state index is 0.200. The van der Waals surface area contributed by atoms with Crippen LogP contribution < -0.4 is 24.4 Å². The Morgan fingerprint density at radius 3 is 2.32 bits per heavy atom. The number of urea groups is 1. The lowest BCUT2D eigenvalue weighted by molar-refractivity contribution is -0.122. The van der Waals surface area contributed by atoms with Gasteiger partial charge in [-0.2, -0.15) is 0 Å². The number of rotatable bonds is 9. The first-order valence-electron chi connectivity index (χ1n) is 11.3. The molecule has 3 aromatic rings. The Bertz CT molecular complexity index is 1390. The van der Waals surface area contributed by atoms with Crippen molar-refractivity contribution in [3.05, 3.63) is 85.8 Å². The van der Waals surface area contributed by atoms with Crippen LogP contribution >= 0.6 is 43.5 Å². The van der Waals surface area contributed by atoms with E-state index in [0.717, 1.165) is 9.37 Å². The fraction of sp³-hybridized carbons (Fsp3) is 0.148. The number of carbonyl (C=O) groups is 3. The molecule has 196 valence electrons.